The number of halogens is 1. The molecule has 0 amide bonds. The van der Waals surface area contributed by atoms with E-state index in [1.807, 2.05) is 38.1 Å². The number of hydrogen-bond donors (Lipinski definition) is 2. The van der Waals surface area contributed by atoms with Gasteiger partial charge in [0.1, 0.15) is 0 Å². The minimum absolute atomic E-state index is 0.356. The summed E-state index contributed by atoms with van der Waals surface area (Å²) in [5.74, 6) is 0.560. The summed E-state index contributed by atoms with van der Waals surface area (Å²) < 4.78 is 6.93. The molecule has 2 rings (SSSR count). The van der Waals surface area contributed by atoms with E-state index in [9.17, 15) is 0 Å². The zero-order valence-corrected chi connectivity index (χ0v) is 13.0. The SMILES string of the molecule is CC/C(C)=N\Nc1nsc(=N)n1-c1ccc(Br)cc1. The minimum Gasteiger partial charge on any atom is -0.273 e. The maximum atomic E-state index is 7.93. The van der Waals surface area contributed by atoms with Gasteiger partial charge in [-0.2, -0.15) is 9.47 Å². The first kappa shape index (κ1) is 14.0. The zero-order chi connectivity index (χ0) is 13.8. The van der Waals surface area contributed by atoms with Crippen molar-refractivity contribution in [2.24, 2.45) is 5.10 Å². The molecule has 1 aromatic heterocycles. The van der Waals surface area contributed by atoms with Crippen LogP contribution in [0.2, 0.25) is 0 Å². The second-order valence-electron chi connectivity index (χ2n) is 3.94. The van der Waals surface area contributed by atoms with Crippen LogP contribution in [0.15, 0.2) is 33.8 Å². The summed E-state index contributed by atoms with van der Waals surface area (Å²) >= 11 is 4.52. The van der Waals surface area contributed by atoms with Gasteiger partial charge in [-0.15, -0.1) is 0 Å². The Morgan fingerprint density at radius 2 is 2.16 bits per heavy atom. The van der Waals surface area contributed by atoms with E-state index in [0.717, 1.165) is 33.8 Å². The van der Waals surface area contributed by atoms with Crippen molar-refractivity contribution in [3.8, 4) is 5.69 Å². The fraction of sp³-hybridized carbons (Fsp3) is 0.250. The lowest BCUT2D eigenvalue weighted by Crippen LogP contribution is -2.13. The number of hydrazone groups is 1. The van der Waals surface area contributed by atoms with Crippen molar-refractivity contribution in [2.45, 2.75) is 20.3 Å². The normalized spacial score (nSPS) is 11.6. The Labute approximate surface area is 123 Å². The molecule has 5 nitrogen and oxygen atoms in total. The maximum Gasteiger partial charge on any atom is 0.241 e. The smallest absolute Gasteiger partial charge is 0.241 e. The molecular weight excluding hydrogens is 326 g/mol. The van der Waals surface area contributed by atoms with Crippen LogP contribution in [0.4, 0.5) is 5.95 Å². The van der Waals surface area contributed by atoms with E-state index < -0.39 is 0 Å². The molecule has 0 aliphatic rings. The number of nitrogens with zero attached hydrogens (tertiary/aromatic N) is 3. The van der Waals surface area contributed by atoms with E-state index in [1.54, 1.807) is 4.57 Å². The molecule has 1 heterocycles. The van der Waals surface area contributed by atoms with Crippen molar-refractivity contribution >= 4 is 39.1 Å². The molecule has 0 unspecified atom stereocenters. The summed E-state index contributed by atoms with van der Waals surface area (Å²) in [6, 6.07) is 7.73. The maximum absolute atomic E-state index is 7.93. The average Bonchev–Trinajstić information content (AvgIpc) is 2.78. The number of anilines is 1. The van der Waals surface area contributed by atoms with E-state index >= 15 is 0 Å². The molecule has 19 heavy (non-hydrogen) atoms. The van der Waals surface area contributed by atoms with Crippen LogP contribution >= 0.6 is 27.5 Å². The first-order chi connectivity index (χ1) is 9.11. The van der Waals surface area contributed by atoms with Gasteiger partial charge in [0.05, 0.1) is 5.69 Å². The third-order valence-corrected chi connectivity index (χ3v) is 3.73. The van der Waals surface area contributed by atoms with Crippen molar-refractivity contribution < 1.29 is 0 Å². The number of benzene rings is 1. The highest BCUT2D eigenvalue weighted by Gasteiger charge is 2.08. The van der Waals surface area contributed by atoms with Crippen LogP contribution in [-0.2, 0) is 0 Å². The molecule has 0 spiro atoms. The first-order valence-corrected chi connectivity index (χ1v) is 7.37. The van der Waals surface area contributed by atoms with E-state index in [4.69, 9.17) is 5.41 Å². The summed E-state index contributed by atoms with van der Waals surface area (Å²) in [5.41, 5.74) is 4.79. The molecule has 2 aromatic rings. The molecule has 2 N–H and O–H groups in total. The standard InChI is InChI=1S/C12H14BrN5S/c1-3-8(2)15-16-12-17-19-11(14)18(12)10-6-4-9(13)5-7-10/h4-7,14H,3H2,1-2H3,(H,16,17)/b14-11?,15-8-. The molecule has 0 saturated carbocycles. The van der Waals surface area contributed by atoms with Crippen LogP contribution < -0.4 is 10.2 Å². The van der Waals surface area contributed by atoms with Crippen LogP contribution in [-0.4, -0.2) is 14.7 Å². The van der Waals surface area contributed by atoms with Gasteiger partial charge >= 0.3 is 0 Å². The van der Waals surface area contributed by atoms with Gasteiger partial charge in [-0.3, -0.25) is 9.98 Å². The topological polar surface area (TPSA) is 66.1 Å². The van der Waals surface area contributed by atoms with Gasteiger partial charge in [-0.05, 0) is 37.6 Å². The van der Waals surface area contributed by atoms with E-state index in [2.05, 4.69) is 30.8 Å². The number of nitrogens with one attached hydrogen (secondary N) is 2. The van der Waals surface area contributed by atoms with Crippen LogP contribution in [0.3, 0.4) is 0 Å². The van der Waals surface area contributed by atoms with Crippen molar-refractivity contribution in [3.63, 3.8) is 0 Å². The van der Waals surface area contributed by atoms with Crippen molar-refractivity contribution in [2.75, 3.05) is 5.43 Å². The lowest BCUT2D eigenvalue weighted by Gasteiger charge is -2.06. The predicted octanol–water partition coefficient (Wildman–Crippen LogP) is 3.37. The largest absolute Gasteiger partial charge is 0.273 e. The van der Waals surface area contributed by atoms with Crippen LogP contribution in [0.1, 0.15) is 20.3 Å². The third kappa shape index (κ3) is 3.30. The summed E-state index contributed by atoms with van der Waals surface area (Å²) in [5, 5.41) is 12.2. The number of hydrogen-bond acceptors (Lipinski definition) is 5. The van der Waals surface area contributed by atoms with Crippen molar-refractivity contribution in [1.82, 2.24) is 8.94 Å². The predicted molar refractivity (Wildman–Crippen MR) is 82.0 cm³/mol. The quantitative estimate of drug-likeness (QED) is 0.662. The van der Waals surface area contributed by atoms with Crippen LogP contribution in [0, 0.1) is 5.41 Å². The molecule has 0 fully saturated rings. The summed E-state index contributed by atoms with van der Waals surface area (Å²) in [6.45, 7) is 3.99. The molecule has 0 aliphatic heterocycles. The molecule has 0 radical (unpaired) electrons. The summed E-state index contributed by atoms with van der Waals surface area (Å²) in [7, 11) is 0. The summed E-state index contributed by atoms with van der Waals surface area (Å²) in [6.07, 6.45) is 0.878. The molecule has 7 heteroatoms. The highest BCUT2D eigenvalue weighted by molar-refractivity contribution is 9.10. The van der Waals surface area contributed by atoms with Gasteiger partial charge in [0.25, 0.3) is 0 Å². The summed E-state index contributed by atoms with van der Waals surface area (Å²) in [4.78, 5) is 0.356. The molecule has 0 saturated heterocycles. The van der Waals surface area contributed by atoms with Gasteiger partial charge in [0, 0.05) is 21.7 Å². The highest BCUT2D eigenvalue weighted by atomic mass is 79.9. The lowest BCUT2D eigenvalue weighted by molar-refractivity contribution is 0.956. The van der Waals surface area contributed by atoms with Gasteiger partial charge in [-0.1, -0.05) is 22.9 Å². The molecule has 0 atom stereocenters. The Hall–Kier alpha value is -1.47. The van der Waals surface area contributed by atoms with Crippen LogP contribution in [0.5, 0.6) is 0 Å². The van der Waals surface area contributed by atoms with Crippen molar-refractivity contribution in [3.05, 3.63) is 33.5 Å². The molecule has 100 valence electrons. The molecule has 1 aromatic carbocycles. The highest BCUT2D eigenvalue weighted by Crippen LogP contribution is 2.16. The fourth-order valence-corrected chi connectivity index (χ4v) is 2.22. The molecule has 0 aliphatic carbocycles. The second-order valence-corrected chi connectivity index (χ2v) is 5.60. The van der Waals surface area contributed by atoms with E-state index in [-0.39, 0.29) is 0 Å². The van der Waals surface area contributed by atoms with Gasteiger partial charge in [-0.25, -0.2) is 5.43 Å². The Morgan fingerprint density at radius 3 is 2.79 bits per heavy atom. The Kier molecular flexibility index (Phi) is 4.49. The van der Waals surface area contributed by atoms with Crippen LogP contribution in [0.25, 0.3) is 5.69 Å². The number of aromatic nitrogens is 2. The molecule has 0 bridgehead atoms. The Balaban J connectivity index is 2.38. The van der Waals surface area contributed by atoms with Crippen molar-refractivity contribution in [1.29, 1.82) is 5.41 Å². The average molecular weight is 340 g/mol. The van der Waals surface area contributed by atoms with E-state index in [1.165, 1.54) is 0 Å². The zero-order valence-electron chi connectivity index (χ0n) is 10.6. The van der Waals surface area contributed by atoms with Gasteiger partial charge in [0.15, 0.2) is 0 Å². The molecular formula is C12H14BrN5S. The lowest BCUT2D eigenvalue weighted by atomic mass is 10.3. The third-order valence-electron chi connectivity index (χ3n) is 2.58. The fourth-order valence-electron chi connectivity index (χ4n) is 1.39. The second kappa shape index (κ2) is 6.12. The van der Waals surface area contributed by atoms with E-state index in [0.29, 0.717) is 10.7 Å². The number of rotatable bonds is 4. The Morgan fingerprint density at radius 1 is 1.47 bits per heavy atom. The Bertz CT molecular complexity index is 641. The van der Waals surface area contributed by atoms with Gasteiger partial charge < -0.3 is 0 Å². The minimum atomic E-state index is 0.356. The first-order valence-electron chi connectivity index (χ1n) is 5.80. The monoisotopic (exact) mass is 339 g/mol. The van der Waals surface area contributed by atoms with Gasteiger partial charge in [0.2, 0.25) is 10.7 Å².